The molecule has 0 saturated carbocycles. The van der Waals surface area contributed by atoms with Crippen molar-refractivity contribution in [1.82, 2.24) is 19.2 Å². The Morgan fingerprint density at radius 3 is 2.62 bits per heavy atom. The van der Waals surface area contributed by atoms with Crippen LogP contribution in [-0.2, 0) is 10.2 Å². The monoisotopic (exact) mass is 579 g/mol. The van der Waals surface area contributed by atoms with Gasteiger partial charge in [0, 0.05) is 24.9 Å². The van der Waals surface area contributed by atoms with E-state index in [1.54, 1.807) is 0 Å². The first kappa shape index (κ1) is 27.9. The van der Waals surface area contributed by atoms with Crippen LogP contribution in [0.2, 0.25) is 5.15 Å². The van der Waals surface area contributed by atoms with Gasteiger partial charge in [-0.1, -0.05) is 11.6 Å². The molecule has 0 bridgehead atoms. The summed E-state index contributed by atoms with van der Waals surface area (Å²) < 4.78 is 80.5. The fourth-order valence-electron chi connectivity index (χ4n) is 4.02. The van der Waals surface area contributed by atoms with E-state index in [2.05, 4.69) is 20.1 Å². The summed E-state index contributed by atoms with van der Waals surface area (Å²) in [7, 11) is 0. The molecule has 1 aliphatic rings. The molecule has 210 valence electrons. The lowest BCUT2D eigenvalue weighted by Gasteiger charge is -2.28. The van der Waals surface area contributed by atoms with Crippen molar-refractivity contribution in [2.45, 2.75) is 38.1 Å². The maximum atomic E-state index is 14.3. The third-order valence-corrected chi connectivity index (χ3v) is 6.04. The van der Waals surface area contributed by atoms with Gasteiger partial charge in [-0.2, -0.15) is 27.1 Å². The lowest BCUT2D eigenvalue weighted by atomic mass is 9.88. The number of rotatable bonds is 6. The van der Waals surface area contributed by atoms with Crippen LogP contribution in [0.4, 0.5) is 42.9 Å². The highest BCUT2D eigenvalue weighted by Crippen LogP contribution is 2.50. The summed E-state index contributed by atoms with van der Waals surface area (Å²) in [6.07, 6.45) is -5.33. The number of primary amides is 1. The highest BCUT2D eigenvalue weighted by atomic mass is 35.5. The van der Waals surface area contributed by atoms with E-state index in [9.17, 15) is 36.3 Å². The van der Waals surface area contributed by atoms with Gasteiger partial charge in [-0.25, -0.2) is 19.1 Å². The van der Waals surface area contributed by atoms with E-state index in [1.807, 2.05) is 0 Å². The van der Waals surface area contributed by atoms with Gasteiger partial charge in [0.25, 0.3) is 5.56 Å². The number of nitrogens with two attached hydrogens (primary N) is 1. The maximum Gasteiger partial charge on any atom is 0.404 e. The third-order valence-electron chi connectivity index (χ3n) is 5.86. The molecule has 3 aromatic rings. The summed E-state index contributed by atoms with van der Waals surface area (Å²) in [5, 5.41) is 5.94. The Hall–Kier alpha value is -4.15. The number of ether oxygens (including phenoxy) is 2. The van der Waals surface area contributed by atoms with Gasteiger partial charge in [0.05, 0.1) is 23.3 Å². The molecule has 0 fully saturated rings. The Bertz CT molecular complexity index is 1510. The lowest BCUT2D eigenvalue weighted by molar-refractivity contribution is -0.181. The van der Waals surface area contributed by atoms with Gasteiger partial charge in [-0.15, -0.1) is 0 Å². The van der Waals surface area contributed by atoms with Crippen LogP contribution < -0.4 is 26.2 Å². The number of pyridine rings is 1. The van der Waals surface area contributed by atoms with Gasteiger partial charge < -0.3 is 20.5 Å². The number of hydrogen-bond acceptors (Lipinski definition) is 7. The molecule has 0 aliphatic carbocycles. The van der Waals surface area contributed by atoms with Gasteiger partial charge in [-0.3, -0.25) is 14.3 Å². The van der Waals surface area contributed by atoms with Crippen LogP contribution in [0.25, 0.3) is 5.65 Å². The van der Waals surface area contributed by atoms with E-state index in [-0.39, 0.29) is 21.1 Å². The zero-order valence-corrected chi connectivity index (χ0v) is 20.8. The van der Waals surface area contributed by atoms with Crippen molar-refractivity contribution in [2.24, 2.45) is 5.73 Å². The summed E-state index contributed by atoms with van der Waals surface area (Å²) in [4.78, 5) is 41.1. The highest BCUT2D eigenvalue weighted by Gasteiger charge is 2.60. The fourth-order valence-corrected chi connectivity index (χ4v) is 4.19. The minimum Gasteiger partial charge on any atom is -0.484 e. The van der Waals surface area contributed by atoms with Gasteiger partial charge in [0.1, 0.15) is 18.1 Å². The molecule has 0 radical (unpaired) electrons. The van der Waals surface area contributed by atoms with Crippen LogP contribution >= 0.6 is 11.6 Å². The Kier molecular flexibility index (Phi) is 7.05. The van der Waals surface area contributed by atoms with Crippen molar-refractivity contribution in [3.63, 3.8) is 0 Å². The van der Waals surface area contributed by atoms with Crippen molar-refractivity contribution >= 4 is 40.7 Å². The number of fused-ring (bicyclic) bond motifs is 3. The normalized spacial score (nSPS) is 17.8. The number of nitrogens with one attached hydrogen (secondary N) is 1. The molecule has 18 heteroatoms. The summed E-state index contributed by atoms with van der Waals surface area (Å²) in [6, 6.07) is 0.982. The van der Waals surface area contributed by atoms with E-state index in [0.717, 1.165) is 23.7 Å². The number of aromatic nitrogens is 4. The summed E-state index contributed by atoms with van der Waals surface area (Å²) >= 11 is 5.86. The van der Waals surface area contributed by atoms with Gasteiger partial charge in [0.15, 0.2) is 16.5 Å². The SMILES string of the molecule is CC(COc1cc(NC(=O)N2C[C@@](C)(C(F)(F)F)c3c2cnc2cc(Cl)nn32)cn(C(F)F)c1=O)OC(N)=O. The Morgan fingerprint density at radius 1 is 1.31 bits per heavy atom. The number of hydrogen-bond donors (Lipinski definition) is 2. The molecule has 0 saturated heterocycles. The largest absolute Gasteiger partial charge is 0.484 e. The van der Waals surface area contributed by atoms with E-state index >= 15 is 0 Å². The van der Waals surface area contributed by atoms with Gasteiger partial charge in [0.2, 0.25) is 0 Å². The zero-order chi connectivity index (χ0) is 28.9. The molecule has 12 nitrogen and oxygen atoms in total. The van der Waals surface area contributed by atoms with Crippen LogP contribution in [0, 0.1) is 0 Å². The average Bonchev–Trinajstić information content (AvgIpc) is 3.35. The summed E-state index contributed by atoms with van der Waals surface area (Å²) in [6.45, 7) is -2.51. The highest BCUT2D eigenvalue weighted by molar-refractivity contribution is 6.29. The smallest absolute Gasteiger partial charge is 0.404 e. The van der Waals surface area contributed by atoms with E-state index in [0.29, 0.717) is 11.1 Å². The average molecular weight is 580 g/mol. The minimum absolute atomic E-state index is 0.0110. The van der Waals surface area contributed by atoms with Crippen LogP contribution in [0.15, 0.2) is 29.3 Å². The topological polar surface area (TPSA) is 146 Å². The lowest BCUT2D eigenvalue weighted by Crippen LogP contribution is -2.46. The summed E-state index contributed by atoms with van der Waals surface area (Å²) in [5.74, 6) is -0.662. The second-order valence-corrected chi connectivity index (χ2v) is 9.10. The van der Waals surface area contributed by atoms with E-state index in [4.69, 9.17) is 22.1 Å². The number of carbonyl (C=O) groups is 2. The standard InChI is InChI=1S/C21H19ClF5N7O5/c1-9(39-18(28)36)7-38-12-3-10(6-32(16(12)35)17(23)24)30-19(37)33-8-20(2,21(25,26)27)15-11(33)5-29-14-4-13(22)31-34(14)15/h3-6,9,17H,7-8H2,1-2H3,(H2,28,36)(H,30,37)/t9?,20-/m1/s1. The molecule has 4 rings (SSSR count). The number of alkyl halides is 5. The summed E-state index contributed by atoms with van der Waals surface area (Å²) in [5.41, 5.74) is -0.0662. The number of anilines is 2. The fraction of sp³-hybridized carbons (Fsp3) is 0.381. The van der Waals surface area contributed by atoms with Gasteiger partial charge in [-0.05, 0) is 13.8 Å². The van der Waals surface area contributed by atoms with Crippen LogP contribution in [0.3, 0.4) is 0 Å². The van der Waals surface area contributed by atoms with E-state index in [1.165, 1.54) is 13.0 Å². The number of halogens is 6. The number of carbonyl (C=O) groups excluding carboxylic acids is 2. The van der Waals surface area contributed by atoms with Crippen molar-refractivity contribution in [3.8, 4) is 5.75 Å². The molecule has 3 aromatic heterocycles. The molecule has 0 aromatic carbocycles. The van der Waals surface area contributed by atoms with Crippen molar-refractivity contribution in [2.75, 3.05) is 23.4 Å². The molecule has 0 spiro atoms. The molecule has 4 heterocycles. The Labute approximate surface area is 220 Å². The van der Waals surface area contributed by atoms with Crippen molar-refractivity contribution in [3.05, 3.63) is 45.7 Å². The molecule has 3 N–H and O–H groups in total. The third kappa shape index (κ3) is 5.13. The zero-order valence-electron chi connectivity index (χ0n) is 20.0. The molecular weight excluding hydrogens is 561 g/mol. The van der Waals surface area contributed by atoms with Crippen molar-refractivity contribution < 1.29 is 41.0 Å². The molecular formula is C21H19ClF5N7O5. The van der Waals surface area contributed by atoms with Gasteiger partial charge >= 0.3 is 24.9 Å². The van der Waals surface area contributed by atoms with Crippen molar-refractivity contribution in [1.29, 1.82) is 0 Å². The molecule has 2 atom stereocenters. The predicted molar refractivity (Wildman–Crippen MR) is 125 cm³/mol. The quantitative estimate of drug-likeness (QED) is 0.424. The maximum absolute atomic E-state index is 14.3. The Morgan fingerprint density at radius 2 is 2.00 bits per heavy atom. The van der Waals surface area contributed by atoms with Crippen LogP contribution in [-0.4, -0.2) is 56.7 Å². The molecule has 39 heavy (non-hydrogen) atoms. The first-order valence-corrected chi connectivity index (χ1v) is 11.3. The van der Waals surface area contributed by atoms with Crippen LogP contribution in [0.5, 0.6) is 5.75 Å². The first-order valence-electron chi connectivity index (χ1n) is 11.0. The predicted octanol–water partition coefficient (Wildman–Crippen LogP) is 3.67. The molecule has 3 amide bonds. The molecule has 1 aliphatic heterocycles. The van der Waals surface area contributed by atoms with Crippen LogP contribution in [0.1, 0.15) is 26.1 Å². The first-order chi connectivity index (χ1) is 18.1. The number of nitrogens with zero attached hydrogens (tertiary/aromatic N) is 5. The minimum atomic E-state index is -4.85. The number of urea groups is 1. The Balaban J connectivity index is 1.69. The second-order valence-electron chi connectivity index (χ2n) is 8.72. The second kappa shape index (κ2) is 9.87. The molecule has 1 unspecified atom stereocenters. The number of amides is 3. The van der Waals surface area contributed by atoms with E-state index < -0.39 is 72.2 Å².